The van der Waals surface area contributed by atoms with Crippen LogP contribution in [0.5, 0.6) is 0 Å². The van der Waals surface area contributed by atoms with Crippen LogP contribution in [0.25, 0.3) is 20.8 Å². The van der Waals surface area contributed by atoms with Gasteiger partial charge in [-0.2, -0.15) is 0 Å². The third-order valence-electron chi connectivity index (χ3n) is 4.73. The Balaban J connectivity index is 1.67. The first-order valence-electron chi connectivity index (χ1n) is 9.41. The van der Waals surface area contributed by atoms with Crippen LogP contribution in [0, 0.1) is 0 Å². The van der Waals surface area contributed by atoms with E-state index >= 15 is 0 Å². The predicted molar refractivity (Wildman–Crippen MR) is 127 cm³/mol. The van der Waals surface area contributed by atoms with Gasteiger partial charge in [0, 0.05) is 11.3 Å². The average molecular weight is 428 g/mol. The topological polar surface area (TPSA) is 68.0 Å². The summed E-state index contributed by atoms with van der Waals surface area (Å²) in [5.74, 6) is -0.0819. The summed E-state index contributed by atoms with van der Waals surface area (Å²) in [6.07, 6.45) is 0. The Morgan fingerprint density at radius 3 is 2.23 bits per heavy atom. The van der Waals surface area contributed by atoms with Crippen molar-refractivity contribution in [3.63, 3.8) is 0 Å². The molecule has 5 aromatic rings. The Morgan fingerprint density at radius 2 is 1.50 bits per heavy atom. The molecule has 0 spiro atoms. The van der Waals surface area contributed by atoms with E-state index in [-0.39, 0.29) is 5.78 Å². The molecule has 0 atom stereocenters. The molecule has 0 aliphatic carbocycles. The van der Waals surface area contributed by atoms with Gasteiger partial charge in [0.1, 0.15) is 14.9 Å². The van der Waals surface area contributed by atoms with E-state index in [1.165, 1.54) is 11.3 Å². The first-order valence-corrected chi connectivity index (χ1v) is 11.0. The number of nitrogens with two attached hydrogens (primary N) is 1. The number of benzene rings is 3. The molecule has 3 aromatic carbocycles. The molecule has 3 N–H and O–H groups in total. The van der Waals surface area contributed by atoms with E-state index in [9.17, 15) is 4.79 Å². The van der Waals surface area contributed by atoms with Gasteiger partial charge in [0.25, 0.3) is 0 Å². The normalized spacial score (nSPS) is 10.9. The molecule has 0 bridgehead atoms. The maximum atomic E-state index is 13.2. The van der Waals surface area contributed by atoms with Crippen molar-refractivity contribution in [1.29, 1.82) is 0 Å². The highest BCUT2D eigenvalue weighted by molar-refractivity contribution is 7.23. The van der Waals surface area contributed by atoms with Crippen molar-refractivity contribution in [3.05, 3.63) is 95.4 Å². The van der Waals surface area contributed by atoms with E-state index in [4.69, 9.17) is 10.7 Å². The number of nitrogens with one attached hydrogen (secondary N) is 1. The first kappa shape index (κ1) is 18.5. The molecule has 0 fully saturated rings. The third kappa shape index (κ3) is 3.36. The Labute approximate surface area is 181 Å². The van der Waals surface area contributed by atoms with Gasteiger partial charge in [0.2, 0.25) is 5.78 Å². The Morgan fingerprint density at radius 1 is 0.833 bits per heavy atom. The van der Waals surface area contributed by atoms with Crippen LogP contribution in [-0.4, -0.2) is 10.8 Å². The number of hydrogen-bond donors (Lipinski definition) is 2. The maximum Gasteiger partial charge on any atom is 0.205 e. The zero-order valence-electron chi connectivity index (χ0n) is 15.8. The molecule has 2 aromatic heterocycles. The third-order valence-corrected chi connectivity index (χ3v) is 6.90. The van der Waals surface area contributed by atoms with Crippen LogP contribution < -0.4 is 11.1 Å². The van der Waals surface area contributed by atoms with Crippen LogP contribution in [0.2, 0.25) is 0 Å². The first-order chi connectivity index (χ1) is 14.7. The van der Waals surface area contributed by atoms with Gasteiger partial charge >= 0.3 is 0 Å². The molecule has 30 heavy (non-hydrogen) atoms. The lowest BCUT2D eigenvalue weighted by atomic mass is 10.1. The second-order valence-corrected chi connectivity index (χ2v) is 8.77. The molecule has 6 heteroatoms. The fourth-order valence-corrected chi connectivity index (χ4v) is 5.47. The summed E-state index contributed by atoms with van der Waals surface area (Å²) in [4.78, 5) is 18.5. The van der Waals surface area contributed by atoms with Crippen molar-refractivity contribution in [1.82, 2.24) is 4.98 Å². The van der Waals surface area contributed by atoms with Crippen LogP contribution in [0.3, 0.4) is 0 Å². The standard InChI is InChI=1S/C24H17N3OS2/c25-20-19(24-27-17-13-7-8-14-18(17)29-24)23(26-16-11-5-2-6-12-16)30-22(20)21(28)15-9-3-1-4-10-15/h1-14,26H,25H2. The summed E-state index contributed by atoms with van der Waals surface area (Å²) < 4.78 is 1.08. The number of anilines is 3. The fraction of sp³-hybridized carbons (Fsp3) is 0. The van der Waals surface area contributed by atoms with Gasteiger partial charge < -0.3 is 11.1 Å². The molecule has 5 rings (SSSR count). The number of nitrogens with zero attached hydrogens (tertiary/aromatic N) is 1. The largest absolute Gasteiger partial charge is 0.397 e. The van der Waals surface area contributed by atoms with E-state index in [1.54, 1.807) is 11.3 Å². The van der Waals surface area contributed by atoms with Crippen molar-refractivity contribution in [3.8, 4) is 10.6 Å². The molecule has 0 aliphatic rings. The number of carbonyl (C=O) groups is 1. The smallest absolute Gasteiger partial charge is 0.205 e. The summed E-state index contributed by atoms with van der Waals surface area (Å²) in [6, 6.07) is 27.1. The van der Waals surface area contributed by atoms with Gasteiger partial charge in [-0.3, -0.25) is 4.79 Å². The fourth-order valence-electron chi connectivity index (χ4n) is 3.27. The van der Waals surface area contributed by atoms with Crippen LogP contribution in [0.15, 0.2) is 84.9 Å². The molecule has 0 amide bonds. The number of fused-ring (bicyclic) bond motifs is 1. The number of rotatable bonds is 5. The molecule has 0 unspecified atom stereocenters. The molecule has 0 radical (unpaired) electrons. The Bertz CT molecular complexity index is 1310. The summed E-state index contributed by atoms with van der Waals surface area (Å²) in [6.45, 7) is 0. The second kappa shape index (κ2) is 7.74. The van der Waals surface area contributed by atoms with E-state index in [1.807, 2.05) is 84.9 Å². The minimum absolute atomic E-state index is 0.0819. The molecule has 0 saturated heterocycles. The Hall–Kier alpha value is -3.48. The molecular formula is C24H17N3OS2. The minimum atomic E-state index is -0.0819. The Kier molecular flexibility index (Phi) is 4.78. The molecule has 0 aliphatic heterocycles. The van der Waals surface area contributed by atoms with Crippen LogP contribution in [0.1, 0.15) is 15.2 Å². The summed E-state index contributed by atoms with van der Waals surface area (Å²) in [5, 5.41) is 5.05. The lowest BCUT2D eigenvalue weighted by Gasteiger charge is -2.06. The number of aromatic nitrogens is 1. The van der Waals surface area contributed by atoms with Gasteiger partial charge in [-0.15, -0.1) is 22.7 Å². The number of para-hydroxylation sites is 2. The van der Waals surface area contributed by atoms with Crippen molar-refractivity contribution in [2.45, 2.75) is 0 Å². The lowest BCUT2D eigenvalue weighted by Crippen LogP contribution is -2.02. The zero-order valence-corrected chi connectivity index (χ0v) is 17.5. The maximum absolute atomic E-state index is 13.2. The quantitative estimate of drug-likeness (QED) is 0.311. The van der Waals surface area contributed by atoms with Crippen LogP contribution in [-0.2, 0) is 0 Å². The molecule has 0 saturated carbocycles. The summed E-state index contributed by atoms with van der Waals surface area (Å²) in [7, 11) is 0. The number of thiophene rings is 1. The van der Waals surface area contributed by atoms with Gasteiger partial charge in [-0.25, -0.2) is 4.98 Å². The van der Waals surface area contributed by atoms with Crippen molar-refractivity contribution in [2.24, 2.45) is 0 Å². The number of hydrogen-bond acceptors (Lipinski definition) is 6. The highest BCUT2D eigenvalue weighted by Gasteiger charge is 2.25. The minimum Gasteiger partial charge on any atom is -0.397 e. The number of nitrogen functional groups attached to an aromatic ring is 1. The highest BCUT2D eigenvalue weighted by Crippen LogP contribution is 2.47. The molecular weight excluding hydrogens is 410 g/mol. The number of ketones is 1. The van der Waals surface area contributed by atoms with Gasteiger partial charge in [-0.1, -0.05) is 60.7 Å². The van der Waals surface area contributed by atoms with Gasteiger partial charge in [0.05, 0.1) is 21.5 Å². The van der Waals surface area contributed by atoms with Crippen molar-refractivity contribution < 1.29 is 4.79 Å². The average Bonchev–Trinajstić information content (AvgIpc) is 3.35. The van der Waals surface area contributed by atoms with E-state index in [0.717, 1.165) is 31.5 Å². The van der Waals surface area contributed by atoms with Crippen molar-refractivity contribution >= 4 is 55.0 Å². The molecule has 4 nitrogen and oxygen atoms in total. The van der Waals surface area contributed by atoms with Gasteiger partial charge in [-0.05, 0) is 24.3 Å². The molecule has 2 heterocycles. The number of thiazole rings is 1. The van der Waals surface area contributed by atoms with E-state index in [0.29, 0.717) is 16.1 Å². The monoisotopic (exact) mass is 427 g/mol. The number of carbonyl (C=O) groups excluding carboxylic acids is 1. The second-order valence-electron chi connectivity index (χ2n) is 6.72. The molecule has 146 valence electrons. The zero-order chi connectivity index (χ0) is 20.5. The summed E-state index contributed by atoms with van der Waals surface area (Å²) in [5.41, 5.74) is 10.3. The van der Waals surface area contributed by atoms with Crippen LogP contribution >= 0.6 is 22.7 Å². The SMILES string of the molecule is Nc1c(C(=O)c2ccccc2)sc(Nc2ccccc2)c1-c1nc2ccccc2s1. The summed E-state index contributed by atoms with van der Waals surface area (Å²) >= 11 is 2.94. The van der Waals surface area contributed by atoms with Gasteiger partial charge in [0.15, 0.2) is 0 Å². The van der Waals surface area contributed by atoms with E-state index in [2.05, 4.69) is 5.32 Å². The van der Waals surface area contributed by atoms with E-state index < -0.39 is 0 Å². The van der Waals surface area contributed by atoms with Crippen LogP contribution in [0.4, 0.5) is 16.4 Å². The predicted octanol–water partition coefficient (Wildman–Crippen LogP) is 6.58. The van der Waals surface area contributed by atoms with Crippen molar-refractivity contribution in [2.75, 3.05) is 11.1 Å². The highest BCUT2D eigenvalue weighted by atomic mass is 32.1. The lowest BCUT2D eigenvalue weighted by molar-refractivity contribution is 0.104.